The second-order valence-electron chi connectivity index (χ2n) is 11.6. The lowest BCUT2D eigenvalue weighted by atomic mass is 10.0. The molecule has 0 aromatic heterocycles. The first-order valence-electron chi connectivity index (χ1n) is 16.5. The van der Waals surface area contributed by atoms with Crippen LogP contribution >= 0.6 is 0 Å². The summed E-state index contributed by atoms with van der Waals surface area (Å²) in [6.45, 7) is 9.85. The van der Waals surface area contributed by atoms with Crippen LogP contribution in [-0.4, -0.2) is 13.2 Å². The van der Waals surface area contributed by atoms with Gasteiger partial charge in [0.15, 0.2) is 0 Å². The molecule has 0 aliphatic rings. The maximum atomic E-state index is 5.55. The van der Waals surface area contributed by atoms with Crippen molar-refractivity contribution in [1.82, 2.24) is 0 Å². The lowest BCUT2D eigenvalue weighted by Crippen LogP contribution is -1.97. The van der Waals surface area contributed by atoms with E-state index < -0.39 is 0 Å². The van der Waals surface area contributed by atoms with Gasteiger partial charge in [0.25, 0.3) is 0 Å². The molecule has 0 heterocycles. The number of rotatable bonds is 31. The van der Waals surface area contributed by atoms with Gasteiger partial charge < -0.3 is 4.74 Å². The fourth-order valence-electron chi connectivity index (χ4n) is 5.12. The van der Waals surface area contributed by atoms with Gasteiger partial charge in [0.05, 0.1) is 6.61 Å². The highest BCUT2D eigenvalue weighted by atomic mass is 16.5. The van der Waals surface area contributed by atoms with Crippen LogP contribution in [-0.2, 0) is 4.74 Å². The van der Waals surface area contributed by atoms with Crippen molar-refractivity contribution in [2.45, 2.75) is 194 Å². The van der Waals surface area contributed by atoms with E-state index in [1.165, 1.54) is 180 Å². The highest BCUT2D eigenvalue weighted by molar-refractivity contribution is 4.87. The Morgan fingerprint density at radius 3 is 0.857 bits per heavy atom. The third-order valence-corrected chi connectivity index (χ3v) is 7.49. The van der Waals surface area contributed by atoms with Crippen LogP contribution in [0.4, 0.5) is 0 Å². The second kappa shape index (κ2) is 31.7. The van der Waals surface area contributed by atoms with Crippen molar-refractivity contribution >= 4 is 0 Å². The molecule has 0 amide bonds. The second-order valence-corrected chi connectivity index (χ2v) is 11.6. The van der Waals surface area contributed by atoms with Crippen LogP contribution in [0.2, 0.25) is 0 Å². The first kappa shape index (κ1) is 34.7. The minimum absolute atomic E-state index is 0.736. The Morgan fingerprint density at radius 1 is 0.400 bits per heavy atom. The summed E-state index contributed by atoms with van der Waals surface area (Å²) in [5.41, 5.74) is 1.13. The molecule has 1 heteroatoms. The Morgan fingerprint density at radius 2 is 0.629 bits per heavy atom. The molecular formula is C34H68O. The van der Waals surface area contributed by atoms with Gasteiger partial charge in [-0.2, -0.15) is 0 Å². The quantitative estimate of drug-likeness (QED) is 0.0690. The SMILES string of the molecule is C=C(C)COCCCCCCCCCCCCCCCCCCCCCCCCCCCCCC. The smallest absolute Gasteiger partial charge is 0.0671 e. The molecule has 1 nitrogen and oxygen atoms in total. The molecule has 0 aliphatic carbocycles. The zero-order chi connectivity index (χ0) is 25.5. The van der Waals surface area contributed by atoms with Crippen molar-refractivity contribution in [3.63, 3.8) is 0 Å². The Labute approximate surface area is 223 Å². The van der Waals surface area contributed by atoms with Gasteiger partial charge in [-0.15, -0.1) is 0 Å². The summed E-state index contributed by atoms with van der Waals surface area (Å²) in [6, 6.07) is 0. The molecule has 0 rings (SSSR count). The Bertz CT molecular complexity index is 388. The maximum absolute atomic E-state index is 5.55. The van der Waals surface area contributed by atoms with Gasteiger partial charge in [0, 0.05) is 6.61 Å². The van der Waals surface area contributed by atoms with Crippen molar-refractivity contribution in [2.24, 2.45) is 0 Å². The largest absolute Gasteiger partial charge is 0.377 e. The Hall–Kier alpha value is -0.300. The van der Waals surface area contributed by atoms with E-state index in [0.29, 0.717) is 0 Å². The van der Waals surface area contributed by atoms with Crippen molar-refractivity contribution in [3.8, 4) is 0 Å². The standard InChI is InChI=1S/C34H68O/c1-4-5-6-7-8-9-10-11-12-13-14-15-16-17-18-19-20-21-22-23-24-25-26-27-28-29-30-31-32-35-33-34(2)3/h2,4-33H2,1,3H3. The maximum Gasteiger partial charge on any atom is 0.0671 e. The topological polar surface area (TPSA) is 9.23 Å². The summed E-state index contributed by atoms with van der Waals surface area (Å²) in [5.74, 6) is 0. The Balaban J connectivity index is 3.01. The number of hydrogen-bond acceptors (Lipinski definition) is 1. The van der Waals surface area contributed by atoms with E-state index in [9.17, 15) is 0 Å². The zero-order valence-corrected chi connectivity index (χ0v) is 24.8. The highest BCUT2D eigenvalue weighted by Gasteiger charge is 1.97. The summed E-state index contributed by atoms with van der Waals surface area (Å²) < 4.78 is 5.55. The average Bonchev–Trinajstić information content (AvgIpc) is 2.85. The van der Waals surface area contributed by atoms with Crippen LogP contribution in [0.15, 0.2) is 12.2 Å². The molecule has 0 aromatic carbocycles. The Kier molecular flexibility index (Phi) is 31.5. The summed E-state index contributed by atoms with van der Waals surface area (Å²) in [4.78, 5) is 0. The van der Waals surface area contributed by atoms with Crippen LogP contribution in [0.5, 0.6) is 0 Å². The summed E-state index contributed by atoms with van der Waals surface area (Å²) in [7, 11) is 0. The van der Waals surface area contributed by atoms with Gasteiger partial charge in [-0.1, -0.05) is 192 Å². The fraction of sp³-hybridized carbons (Fsp3) is 0.941. The molecule has 0 fully saturated rings. The van der Waals surface area contributed by atoms with Crippen LogP contribution in [0, 0.1) is 0 Å². The fourth-order valence-corrected chi connectivity index (χ4v) is 5.12. The third-order valence-electron chi connectivity index (χ3n) is 7.49. The van der Waals surface area contributed by atoms with Crippen LogP contribution < -0.4 is 0 Å². The number of unbranched alkanes of at least 4 members (excludes halogenated alkanes) is 27. The molecule has 0 aliphatic heterocycles. The van der Waals surface area contributed by atoms with E-state index in [1.807, 2.05) is 6.92 Å². The summed E-state index contributed by atoms with van der Waals surface area (Å²) in [6.07, 6.45) is 40.6. The van der Waals surface area contributed by atoms with Gasteiger partial charge in [0.2, 0.25) is 0 Å². The molecule has 35 heavy (non-hydrogen) atoms. The lowest BCUT2D eigenvalue weighted by molar-refractivity contribution is 0.151. The van der Waals surface area contributed by atoms with Gasteiger partial charge in [-0.05, 0) is 13.3 Å². The summed E-state index contributed by atoms with van der Waals surface area (Å²) >= 11 is 0. The number of hydrogen-bond donors (Lipinski definition) is 0. The molecule has 0 aromatic rings. The third kappa shape index (κ3) is 33.7. The molecule has 0 atom stereocenters. The molecule has 0 N–H and O–H groups in total. The van der Waals surface area contributed by atoms with Crippen molar-refractivity contribution < 1.29 is 4.74 Å². The van der Waals surface area contributed by atoms with E-state index in [4.69, 9.17) is 4.74 Å². The zero-order valence-electron chi connectivity index (χ0n) is 24.8. The van der Waals surface area contributed by atoms with Crippen LogP contribution in [0.25, 0.3) is 0 Å². The normalized spacial score (nSPS) is 11.4. The van der Waals surface area contributed by atoms with Gasteiger partial charge >= 0.3 is 0 Å². The van der Waals surface area contributed by atoms with Gasteiger partial charge in [0.1, 0.15) is 0 Å². The average molecular weight is 493 g/mol. The first-order chi connectivity index (χ1) is 17.3. The first-order valence-corrected chi connectivity index (χ1v) is 16.5. The van der Waals surface area contributed by atoms with E-state index >= 15 is 0 Å². The van der Waals surface area contributed by atoms with Crippen molar-refractivity contribution in [2.75, 3.05) is 13.2 Å². The monoisotopic (exact) mass is 493 g/mol. The van der Waals surface area contributed by atoms with E-state index in [0.717, 1.165) is 18.8 Å². The van der Waals surface area contributed by atoms with Gasteiger partial charge in [-0.3, -0.25) is 0 Å². The lowest BCUT2D eigenvalue weighted by Gasteiger charge is -2.05. The predicted octanol–water partition coefficient (Wildman–Crippen LogP) is 12.5. The molecule has 0 bridgehead atoms. The molecule has 0 unspecified atom stereocenters. The molecule has 0 radical (unpaired) electrons. The van der Waals surface area contributed by atoms with Crippen LogP contribution in [0.3, 0.4) is 0 Å². The molecular weight excluding hydrogens is 424 g/mol. The predicted molar refractivity (Wildman–Crippen MR) is 161 cm³/mol. The molecule has 0 spiro atoms. The van der Waals surface area contributed by atoms with E-state index in [2.05, 4.69) is 13.5 Å². The minimum atomic E-state index is 0.736. The van der Waals surface area contributed by atoms with Gasteiger partial charge in [-0.25, -0.2) is 0 Å². The summed E-state index contributed by atoms with van der Waals surface area (Å²) in [5, 5.41) is 0. The molecule has 0 saturated carbocycles. The van der Waals surface area contributed by atoms with E-state index in [-0.39, 0.29) is 0 Å². The molecule has 210 valence electrons. The van der Waals surface area contributed by atoms with Crippen molar-refractivity contribution in [3.05, 3.63) is 12.2 Å². The minimum Gasteiger partial charge on any atom is -0.377 e. The van der Waals surface area contributed by atoms with E-state index in [1.54, 1.807) is 0 Å². The highest BCUT2D eigenvalue weighted by Crippen LogP contribution is 2.16. The molecule has 0 saturated heterocycles. The van der Waals surface area contributed by atoms with Crippen LogP contribution in [0.1, 0.15) is 194 Å². The number of ether oxygens (including phenoxy) is 1. The van der Waals surface area contributed by atoms with Crippen molar-refractivity contribution in [1.29, 1.82) is 0 Å².